The van der Waals surface area contributed by atoms with Crippen LogP contribution < -0.4 is 0 Å². The first-order valence-corrected chi connectivity index (χ1v) is 11.5. The van der Waals surface area contributed by atoms with E-state index < -0.39 is 0 Å². The van der Waals surface area contributed by atoms with Gasteiger partial charge >= 0.3 is 0 Å². The van der Waals surface area contributed by atoms with Crippen LogP contribution >= 0.6 is 0 Å². The fourth-order valence-corrected chi connectivity index (χ4v) is 7.37. The molecule has 0 aromatic rings. The summed E-state index contributed by atoms with van der Waals surface area (Å²) in [6.45, 7) is 9.91. The van der Waals surface area contributed by atoms with Crippen LogP contribution in [-0.4, -0.2) is 41.4 Å². The fraction of sp³-hybridized carbons (Fsp3) is 0.800. The zero-order valence-corrected chi connectivity index (χ0v) is 18.6. The predicted molar refractivity (Wildman–Crippen MR) is 115 cm³/mol. The molecule has 2 nitrogen and oxygen atoms in total. The number of hydrogen-bond donors (Lipinski definition) is 0. The van der Waals surface area contributed by atoms with Gasteiger partial charge in [0.15, 0.2) is 11.8 Å². The number of fused-ring (bicyclic) bond motifs is 2. The van der Waals surface area contributed by atoms with E-state index in [2.05, 4.69) is 69.5 Å². The summed E-state index contributed by atoms with van der Waals surface area (Å²) < 4.78 is 2.61. The van der Waals surface area contributed by atoms with Gasteiger partial charge in [-0.25, -0.2) is 4.58 Å². The van der Waals surface area contributed by atoms with E-state index in [9.17, 15) is 0 Å². The number of rotatable bonds is 2. The molecule has 3 fully saturated rings. The average molecular weight is 370 g/mol. The maximum Gasteiger partial charge on any atom is 0.182 e. The molecule has 2 heterocycles. The summed E-state index contributed by atoms with van der Waals surface area (Å²) in [5.74, 6) is 1.66. The molecule has 4 atom stereocenters. The van der Waals surface area contributed by atoms with Gasteiger partial charge in [-0.15, -0.1) is 0 Å². The van der Waals surface area contributed by atoms with Gasteiger partial charge in [0.2, 0.25) is 0 Å². The van der Waals surface area contributed by atoms with E-state index in [4.69, 9.17) is 0 Å². The second-order valence-electron chi connectivity index (χ2n) is 10.9. The molecule has 2 aliphatic heterocycles. The van der Waals surface area contributed by atoms with Crippen LogP contribution in [0.2, 0.25) is 0 Å². The van der Waals surface area contributed by atoms with Crippen molar-refractivity contribution in [3.8, 4) is 0 Å². The molecule has 4 rings (SSSR count). The molecule has 1 saturated heterocycles. The van der Waals surface area contributed by atoms with Gasteiger partial charge in [-0.2, -0.15) is 0 Å². The first-order valence-electron chi connectivity index (χ1n) is 11.5. The number of likely N-dealkylation sites (tertiary alicyclic amines) is 1. The molecule has 0 radical (unpaired) electrons. The lowest BCUT2D eigenvalue weighted by Crippen LogP contribution is -2.34. The van der Waals surface area contributed by atoms with Gasteiger partial charge in [0, 0.05) is 42.6 Å². The third kappa shape index (κ3) is 2.93. The van der Waals surface area contributed by atoms with Crippen molar-refractivity contribution in [2.45, 2.75) is 91.1 Å². The van der Waals surface area contributed by atoms with Crippen LogP contribution in [0.25, 0.3) is 0 Å². The van der Waals surface area contributed by atoms with Gasteiger partial charge < -0.3 is 4.90 Å². The van der Waals surface area contributed by atoms with Crippen molar-refractivity contribution < 1.29 is 4.58 Å². The van der Waals surface area contributed by atoms with Crippen molar-refractivity contribution >= 4 is 5.71 Å². The smallest absolute Gasteiger partial charge is 0.182 e. The topological polar surface area (TPSA) is 6.25 Å². The fourth-order valence-electron chi connectivity index (χ4n) is 7.37. The van der Waals surface area contributed by atoms with Crippen molar-refractivity contribution in [1.82, 2.24) is 4.90 Å². The average Bonchev–Trinajstić information content (AvgIpc) is 2.96. The van der Waals surface area contributed by atoms with Gasteiger partial charge in [0.05, 0.1) is 5.41 Å². The summed E-state index contributed by atoms with van der Waals surface area (Å²) in [6.07, 6.45) is 18.5. The number of allylic oxidation sites excluding steroid dienone is 4. The summed E-state index contributed by atoms with van der Waals surface area (Å²) in [5.41, 5.74) is 3.71. The minimum absolute atomic E-state index is 0.305. The molecule has 0 aromatic carbocycles. The Balaban J connectivity index is 1.60. The van der Waals surface area contributed by atoms with Crippen molar-refractivity contribution in [3.63, 3.8) is 0 Å². The second-order valence-corrected chi connectivity index (χ2v) is 10.9. The molecule has 2 saturated carbocycles. The Morgan fingerprint density at radius 1 is 0.889 bits per heavy atom. The minimum Gasteiger partial charge on any atom is -0.374 e. The molecule has 0 N–H and O–H groups in total. The van der Waals surface area contributed by atoms with E-state index in [1.807, 2.05) is 0 Å². The van der Waals surface area contributed by atoms with E-state index in [-0.39, 0.29) is 0 Å². The van der Waals surface area contributed by atoms with Crippen LogP contribution in [0.3, 0.4) is 0 Å². The SMILES string of the molecule is CN1/C(=C/C=C/C2=[N+](C)C3CCCCC3C2(C)C)C(C)(C)C2CCCCC21. The van der Waals surface area contributed by atoms with Crippen molar-refractivity contribution in [3.05, 3.63) is 23.9 Å². The summed E-state index contributed by atoms with van der Waals surface area (Å²) in [4.78, 5) is 2.61. The number of nitrogens with zero attached hydrogens (tertiary/aromatic N) is 2. The van der Waals surface area contributed by atoms with Gasteiger partial charge in [0.1, 0.15) is 7.05 Å². The van der Waals surface area contributed by atoms with E-state index in [0.717, 1.165) is 23.9 Å². The second kappa shape index (κ2) is 6.78. The molecular formula is C25H41N2+. The number of hydrogen-bond acceptors (Lipinski definition) is 1. The third-order valence-electron chi connectivity index (χ3n) is 8.90. The lowest BCUT2D eigenvalue weighted by Gasteiger charge is -2.33. The minimum atomic E-state index is 0.305. The summed E-state index contributed by atoms with van der Waals surface area (Å²) in [7, 11) is 4.68. The van der Waals surface area contributed by atoms with Crippen molar-refractivity contribution in [2.24, 2.45) is 22.7 Å². The lowest BCUT2D eigenvalue weighted by molar-refractivity contribution is -0.538. The lowest BCUT2D eigenvalue weighted by atomic mass is 9.69. The molecule has 2 heteroatoms. The highest BCUT2D eigenvalue weighted by Gasteiger charge is 2.53. The largest absolute Gasteiger partial charge is 0.374 e. The molecule has 4 aliphatic rings. The van der Waals surface area contributed by atoms with Crippen LogP contribution in [0, 0.1) is 22.7 Å². The Kier molecular flexibility index (Phi) is 4.84. The van der Waals surface area contributed by atoms with E-state index in [0.29, 0.717) is 10.8 Å². The summed E-state index contributed by atoms with van der Waals surface area (Å²) >= 11 is 0. The van der Waals surface area contributed by atoms with Gasteiger partial charge in [-0.05, 0) is 51.5 Å². The van der Waals surface area contributed by atoms with Crippen LogP contribution in [0.15, 0.2) is 23.9 Å². The molecule has 2 aliphatic carbocycles. The summed E-state index contributed by atoms with van der Waals surface area (Å²) in [6, 6.07) is 1.52. The molecule has 0 amide bonds. The Morgan fingerprint density at radius 3 is 2.19 bits per heavy atom. The molecule has 0 aromatic heterocycles. The Hall–Kier alpha value is -1.05. The first-order chi connectivity index (χ1) is 12.8. The highest BCUT2D eigenvalue weighted by Crippen LogP contribution is 2.52. The van der Waals surface area contributed by atoms with Crippen LogP contribution in [0.5, 0.6) is 0 Å². The van der Waals surface area contributed by atoms with Gasteiger partial charge in [-0.3, -0.25) is 0 Å². The van der Waals surface area contributed by atoms with E-state index in [1.54, 1.807) is 11.4 Å². The zero-order chi connectivity index (χ0) is 19.4. The standard InChI is InChI=1S/C25H41N2/c1-24(2)18-12-7-9-14-20(18)26(5)22(24)16-11-17-23-25(3,4)19-13-8-10-15-21(19)27(23)6/h11,16-21H,7-10,12-15H2,1-6H3/q+1. The van der Waals surface area contributed by atoms with Gasteiger partial charge in [-0.1, -0.05) is 39.2 Å². The first kappa shape index (κ1) is 19.3. The van der Waals surface area contributed by atoms with Crippen LogP contribution in [0.1, 0.15) is 79.1 Å². The highest BCUT2D eigenvalue weighted by atomic mass is 15.2. The molecule has 0 spiro atoms. The van der Waals surface area contributed by atoms with Crippen molar-refractivity contribution in [1.29, 1.82) is 0 Å². The highest BCUT2D eigenvalue weighted by molar-refractivity contribution is 5.96. The van der Waals surface area contributed by atoms with E-state index in [1.165, 1.54) is 51.4 Å². The van der Waals surface area contributed by atoms with Gasteiger partial charge in [0.25, 0.3) is 0 Å². The molecule has 4 unspecified atom stereocenters. The normalized spacial score (nSPS) is 39.3. The molecule has 27 heavy (non-hydrogen) atoms. The van der Waals surface area contributed by atoms with Crippen molar-refractivity contribution in [2.75, 3.05) is 14.1 Å². The summed E-state index contributed by atoms with van der Waals surface area (Å²) in [5, 5.41) is 0. The van der Waals surface area contributed by atoms with Crippen LogP contribution in [0.4, 0.5) is 0 Å². The van der Waals surface area contributed by atoms with Crippen LogP contribution in [-0.2, 0) is 0 Å². The third-order valence-corrected chi connectivity index (χ3v) is 8.90. The van der Waals surface area contributed by atoms with E-state index >= 15 is 0 Å². The quantitative estimate of drug-likeness (QED) is 0.571. The monoisotopic (exact) mass is 369 g/mol. The molecular weight excluding hydrogens is 328 g/mol. The predicted octanol–water partition coefficient (Wildman–Crippen LogP) is 5.64. The Bertz CT molecular complexity index is 678. The zero-order valence-electron chi connectivity index (χ0n) is 18.6. The molecule has 150 valence electrons. The Morgan fingerprint density at radius 2 is 1.52 bits per heavy atom. The maximum atomic E-state index is 2.61. The maximum absolute atomic E-state index is 2.61. The Labute approximate surface area is 167 Å². The molecule has 0 bridgehead atoms.